The van der Waals surface area contributed by atoms with Crippen molar-refractivity contribution in [3.05, 3.63) is 29.8 Å². The van der Waals surface area contributed by atoms with Crippen molar-refractivity contribution in [2.75, 3.05) is 11.4 Å². The molecule has 0 radical (unpaired) electrons. The van der Waals surface area contributed by atoms with Crippen LogP contribution in [0.25, 0.3) is 0 Å². The van der Waals surface area contributed by atoms with Crippen molar-refractivity contribution in [3.63, 3.8) is 0 Å². The highest BCUT2D eigenvalue weighted by Crippen LogP contribution is 2.31. The second kappa shape index (κ2) is 5.13. The van der Waals surface area contributed by atoms with Crippen LogP contribution in [0.4, 0.5) is 5.69 Å². The quantitative estimate of drug-likeness (QED) is 0.795. The molecule has 0 saturated heterocycles. The Bertz CT molecular complexity index is 434. The van der Waals surface area contributed by atoms with E-state index in [-0.39, 0.29) is 0 Å². The van der Waals surface area contributed by atoms with E-state index in [1.54, 1.807) is 0 Å². The molecule has 0 aromatic heterocycles. The Balaban J connectivity index is 1.60. The molecule has 18 heavy (non-hydrogen) atoms. The smallest absolute Gasteiger partial charge is 0.227 e. The Morgan fingerprint density at radius 1 is 1.22 bits per heavy atom. The van der Waals surface area contributed by atoms with Gasteiger partial charge in [0.1, 0.15) is 0 Å². The van der Waals surface area contributed by atoms with Crippen molar-refractivity contribution in [1.29, 1.82) is 0 Å². The number of anilines is 1. The molecule has 1 aromatic rings. The van der Waals surface area contributed by atoms with E-state index in [0.29, 0.717) is 5.91 Å². The lowest BCUT2D eigenvalue weighted by molar-refractivity contribution is -0.118. The van der Waals surface area contributed by atoms with Gasteiger partial charge in [-0.25, -0.2) is 0 Å². The molecule has 3 rings (SSSR count). The normalized spacial score (nSPS) is 19.2. The second-order valence-corrected chi connectivity index (χ2v) is 5.61. The van der Waals surface area contributed by atoms with Crippen LogP contribution in [0.2, 0.25) is 0 Å². The number of para-hydroxylation sites is 1. The molecule has 1 aliphatic carbocycles. The van der Waals surface area contributed by atoms with E-state index in [0.717, 1.165) is 37.4 Å². The molecule has 1 heterocycles. The molecule has 0 bridgehead atoms. The number of amides is 1. The van der Waals surface area contributed by atoms with E-state index in [1.165, 1.54) is 31.2 Å². The minimum absolute atomic E-state index is 0.326. The van der Waals surface area contributed by atoms with Gasteiger partial charge in [-0.15, -0.1) is 0 Å². The number of rotatable bonds is 3. The largest absolute Gasteiger partial charge is 0.312 e. The summed E-state index contributed by atoms with van der Waals surface area (Å²) >= 11 is 0. The van der Waals surface area contributed by atoms with Gasteiger partial charge in [0, 0.05) is 18.7 Å². The third-order valence-corrected chi connectivity index (χ3v) is 4.43. The summed E-state index contributed by atoms with van der Waals surface area (Å²) in [6, 6.07) is 8.31. The van der Waals surface area contributed by atoms with Gasteiger partial charge in [0.15, 0.2) is 0 Å². The summed E-state index contributed by atoms with van der Waals surface area (Å²) in [7, 11) is 0. The summed E-state index contributed by atoms with van der Waals surface area (Å²) in [5, 5.41) is 0. The maximum absolute atomic E-state index is 12.3. The van der Waals surface area contributed by atoms with Crippen molar-refractivity contribution < 1.29 is 4.79 Å². The standard InChI is InChI=1S/C16H21NO/c18-16(10-9-13-5-1-2-6-13)17-12-11-14-7-3-4-8-15(14)17/h3-4,7-8,13H,1-2,5-6,9-12H2. The molecule has 96 valence electrons. The minimum Gasteiger partial charge on any atom is -0.312 e. The Morgan fingerprint density at radius 3 is 2.83 bits per heavy atom. The summed E-state index contributed by atoms with van der Waals surface area (Å²) < 4.78 is 0. The Kier molecular flexibility index (Phi) is 3.35. The number of nitrogens with zero attached hydrogens (tertiary/aromatic N) is 1. The number of hydrogen-bond acceptors (Lipinski definition) is 1. The molecule has 1 amide bonds. The molecule has 0 N–H and O–H groups in total. The number of hydrogen-bond donors (Lipinski definition) is 0. The van der Waals surface area contributed by atoms with Gasteiger partial charge in [0.05, 0.1) is 0 Å². The molecule has 0 unspecified atom stereocenters. The predicted octanol–water partition coefficient (Wildman–Crippen LogP) is 3.55. The molecule has 1 aromatic carbocycles. The molecule has 1 aliphatic heterocycles. The lowest BCUT2D eigenvalue weighted by atomic mass is 10.0. The van der Waals surface area contributed by atoms with Crippen molar-refractivity contribution in [1.82, 2.24) is 0 Å². The fraction of sp³-hybridized carbons (Fsp3) is 0.562. The number of carbonyl (C=O) groups is 1. The molecular formula is C16H21NO. The summed E-state index contributed by atoms with van der Waals surface area (Å²) in [6.07, 6.45) is 8.26. The molecular weight excluding hydrogens is 222 g/mol. The average molecular weight is 243 g/mol. The molecule has 1 saturated carbocycles. The summed E-state index contributed by atoms with van der Waals surface area (Å²) in [5.41, 5.74) is 2.47. The van der Waals surface area contributed by atoms with Crippen LogP contribution >= 0.6 is 0 Å². The van der Waals surface area contributed by atoms with Crippen molar-refractivity contribution >= 4 is 11.6 Å². The molecule has 2 nitrogen and oxygen atoms in total. The molecule has 0 atom stereocenters. The zero-order chi connectivity index (χ0) is 12.4. The van der Waals surface area contributed by atoms with Gasteiger partial charge in [-0.3, -0.25) is 4.79 Å². The van der Waals surface area contributed by atoms with Crippen LogP contribution in [0, 0.1) is 5.92 Å². The third-order valence-electron chi connectivity index (χ3n) is 4.43. The minimum atomic E-state index is 0.326. The zero-order valence-electron chi connectivity index (χ0n) is 10.9. The van der Waals surface area contributed by atoms with E-state index in [2.05, 4.69) is 18.2 Å². The maximum Gasteiger partial charge on any atom is 0.227 e. The Labute approximate surface area is 109 Å². The maximum atomic E-state index is 12.3. The lowest BCUT2D eigenvalue weighted by Gasteiger charge is -2.18. The van der Waals surface area contributed by atoms with Crippen LogP contribution in [-0.2, 0) is 11.2 Å². The second-order valence-electron chi connectivity index (χ2n) is 5.61. The third kappa shape index (κ3) is 2.29. The van der Waals surface area contributed by atoms with Gasteiger partial charge >= 0.3 is 0 Å². The van der Waals surface area contributed by atoms with E-state index in [9.17, 15) is 4.79 Å². The van der Waals surface area contributed by atoms with Gasteiger partial charge in [0.2, 0.25) is 5.91 Å². The average Bonchev–Trinajstić information content (AvgIpc) is 3.05. The highest BCUT2D eigenvalue weighted by atomic mass is 16.2. The van der Waals surface area contributed by atoms with Gasteiger partial charge in [-0.05, 0) is 30.4 Å². The van der Waals surface area contributed by atoms with Gasteiger partial charge < -0.3 is 4.90 Å². The summed E-state index contributed by atoms with van der Waals surface area (Å²) in [4.78, 5) is 14.3. The highest BCUT2D eigenvalue weighted by molar-refractivity contribution is 5.95. The van der Waals surface area contributed by atoms with E-state index in [1.807, 2.05) is 11.0 Å². The van der Waals surface area contributed by atoms with Crippen molar-refractivity contribution in [2.45, 2.75) is 44.9 Å². The predicted molar refractivity (Wildman–Crippen MR) is 73.7 cm³/mol. The fourth-order valence-corrected chi connectivity index (χ4v) is 3.36. The first kappa shape index (κ1) is 11.8. The van der Waals surface area contributed by atoms with Crippen molar-refractivity contribution in [2.24, 2.45) is 5.92 Å². The number of fused-ring (bicyclic) bond motifs is 1. The van der Waals surface area contributed by atoms with Crippen molar-refractivity contribution in [3.8, 4) is 0 Å². The van der Waals surface area contributed by atoms with Gasteiger partial charge in [-0.2, -0.15) is 0 Å². The first-order chi connectivity index (χ1) is 8.84. The van der Waals surface area contributed by atoms with Crippen LogP contribution in [0.3, 0.4) is 0 Å². The van der Waals surface area contributed by atoms with Gasteiger partial charge in [-0.1, -0.05) is 43.9 Å². The van der Waals surface area contributed by atoms with Crippen LogP contribution < -0.4 is 4.90 Å². The van der Waals surface area contributed by atoms with E-state index >= 15 is 0 Å². The number of carbonyl (C=O) groups excluding carboxylic acids is 1. The van der Waals surface area contributed by atoms with E-state index in [4.69, 9.17) is 0 Å². The fourth-order valence-electron chi connectivity index (χ4n) is 3.36. The Morgan fingerprint density at radius 2 is 2.00 bits per heavy atom. The molecule has 0 spiro atoms. The summed E-state index contributed by atoms with van der Waals surface area (Å²) in [6.45, 7) is 0.878. The van der Waals surface area contributed by atoms with E-state index < -0.39 is 0 Å². The topological polar surface area (TPSA) is 20.3 Å². The molecule has 1 fully saturated rings. The molecule has 2 aliphatic rings. The monoisotopic (exact) mass is 243 g/mol. The van der Waals surface area contributed by atoms with Crippen LogP contribution in [0.1, 0.15) is 44.1 Å². The van der Waals surface area contributed by atoms with Crippen LogP contribution in [0.15, 0.2) is 24.3 Å². The number of benzene rings is 1. The Hall–Kier alpha value is -1.31. The van der Waals surface area contributed by atoms with Gasteiger partial charge in [0.25, 0.3) is 0 Å². The molecule has 2 heteroatoms. The summed E-state index contributed by atoms with van der Waals surface area (Å²) in [5.74, 6) is 1.14. The van der Waals surface area contributed by atoms with Crippen LogP contribution in [0.5, 0.6) is 0 Å². The van der Waals surface area contributed by atoms with Crippen LogP contribution in [-0.4, -0.2) is 12.5 Å². The first-order valence-corrected chi connectivity index (χ1v) is 7.23. The highest BCUT2D eigenvalue weighted by Gasteiger charge is 2.25. The SMILES string of the molecule is O=C(CCC1CCCC1)N1CCc2ccccc21. The lowest BCUT2D eigenvalue weighted by Crippen LogP contribution is -2.28. The first-order valence-electron chi connectivity index (χ1n) is 7.23. The zero-order valence-corrected chi connectivity index (χ0v) is 10.9.